The fourth-order valence-corrected chi connectivity index (χ4v) is 0.884. The standard InChI is InChI=1S/C3H6NS.2O.Ti/c1-2-5-3-4-1;;;/h1,4H,2-3H2;;;/q-1;;;. The Kier molecular flexibility index (Phi) is 8.22. The van der Waals surface area contributed by atoms with Gasteiger partial charge in [-0.3, -0.25) is 6.54 Å². The third-order valence-electron chi connectivity index (χ3n) is 0.531. The van der Waals surface area contributed by atoms with Crippen molar-refractivity contribution >= 4 is 11.8 Å². The summed E-state index contributed by atoms with van der Waals surface area (Å²) < 4.78 is 17.0. The first-order valence-corrected chi connectivity index (χ1v) is 4.47. The van der Waals surface area contributed by atoms with Crippen molar-refractivity contribution in [3.63, 3.8) is 0 Å². The van der Waals surface area contributed by atoms with Crippen LogP contribution in [0.1, 0.15) is 0 Å². The molecule has 0 amide bonds. The van der Waals surface area contributed by atoms with Gasteiger partial charge in [-0.25, -0.2) is 0 Å². The van der Waals surface area contributed by atoms with Crippen molar-refractivity contribution in [2.24, 2.45) is 0 Å². The van der Waals surface area contributed by atoms with Gasteiger partial charge in [0.15, 0.2) is 0 Å². The van der Waals surface area contributed by atoms with E-state index in [1.807, 2.05) is 11.8 Å². The Morgan fingerprint density at radius 2 is 2.25 bits per heavy atom. The minimum atomic E-state index is -2.00. The average molecular weight is 168 g/mol. The van der Waals surface area contributed by atoms with Crippen LogP contribution >= 0.6 is 11.8 Å². The molecular weight excluding hydrogens is 162 g/mol. The first kappa shape index (κ1) is 8.62. The molecule has 1 saturated heterocycles. The summed E-state index contributed by atoms with van der Waals surface area (Å²) in [7, 11) is 0. The SMILES string of the molecule is [CH-]1CSCN1.[O]=[Ti]=[O]. The molecule has 46 valence electrons. The number of nitrogens with one attached hydrogen (secondary N) is 1. The van der Waals surface area contributed by atoms with Gasteiger partial charge in [-0.1, -0.05) is 0 Å². The van der Waals surface area contributed by atoms with Crippen molar-refractivity contribution in [3.05, 3.63) is 6.54 Å². The van der Waals surface area contributed by atoms with E-state index in [-0.39, 0.29) is 0 Å². The maximum absolute atomic E-state index is 8.50. The fourth-order valence-electron chi connectivity index (χ4n) is 0.295. The van der Waals surface area contributed by atoms with Gasteiger partial charge in [0, 0.05) is 5.88 Å². The van der Waals surface area contributed by atoms with Gasteiger partial charge in [0.25, 0.3) is 0 Å². The van der Waals surface area contributed by atoms with Gasteiger partial charge in [0.05, 0.1) is 0 Å². The first-order chi connectivity index (χ1) is 3.91. The van der Waals surface area contributed by atoms with Crippen LogP contribution in [0.25, 0.3) is 0 Å². The van der Waals surface area contributed by atoms with Crippen molar-refractivity contribution in [2.75, 3.05) is 11.6 Å². The third-order valence-corrected chi connectivity index (χ3v) is 1.30. The van der Waals surface area contributed by atoms with E-state index in [0.29, 0.717) is 0 Å². The third kappa shape index (κ3) is 6.62. The second-order valence-electron chi connectivity index (χ2n) is 1.01. The first-order valence-electron chi connectivity index (χ1n) is 2.04. The van der Waals surface area contributed by atoms with Gasteiger partial charge in [0.2, 0.25) is 0 Å². The van der Waals surface area contributed by atoms with E-state index in [1.165, 1.54) is 5.75 Å². The monoisotopic (exact) mass is 168 g/mol. The summed E-state index contributed by atoms with van der Waals surface area (Å²) in [6.07, 6.45) is 0. The molecule has 1 heterocycles. The van der Waals surface area contributed by atoms with Gasteiger partial charge >= 0.3 is 25.7 Å². The Morgan fingerprint density at radius 3 is 2.38 bits per heavy atom. The number of rotatable bonds is 0. The number of thioether (sulfide) groups is 1. The second kappa shape index (κ2) is 7.62. The van der Waals surface area contributed by atoms with Crippen molar-refractivity contribution in [3.8, 4) is 0 Å². The van der Waals surface area contributed by atoms with Crippen LogP contribution in [-0.2, 0) is 25.7 Å². The molecule has 8 heavy (non-hydrogen) atoms. The van der Waals surface area contributed by atoms with Gasteiger partial charge in [0.1, 0.15) is 0 Å². The molecule has 0 atom stereocenters. The fraction of sp³-hybridized carbons (Fsp3) is 0.667. The molecule has 0 aromatic carbocycles. The Bertz CT molecular complexity index is 71.7. The zero-order chi connectivity index (χ0) is 6.24. The Hall–Kier alpha value is 0.624. The summed E-state index contributed by atoms with van der Waals surface area (Å²) in [4.78, 5) is 0. The molecule has 1 aliphatic heterocycles. The Morgan fingerprint density at radius 1 is 1.62 bits per heavy atom. The molecule has 0 aliphatic carbocycles. The van der Waals surface area contributed by atoms with E-state index in [2.05, 4.69) is 11.9 Å². The van der Waals surface area contributed by atoms with Crippen LogP contribution in [0.5, 0.6) is 0 Å². The summed E-state index contributed by atoms with van der Waals surface area (Å²) in [6.45, 7) is 2.07. The molecule has 5 heteroatoms. The number of hydrogen-bond acceptors (Lipinski definition) is 4. The van der Waals surface area contributed by atoms with E-state index >= 15 is 0 Å². The number of hydrogen-bond donors (Lipinski definition) is 1. The molecular formula is C3H6NO2STi-. The zero-order valence-electron chi connectivity index (χ0n) is 4.22. The Labute approximate surface area is 61.2 Å². The molecule has 0 aromatic rings. The molecule has 0 unspecified atom stereocenters. The van der Waals surface area contributed by atoms with Crippen LogP contribution in [0, 0.1) is 6.54 Å². The molecule has 1 rings (SSSR count). The second-order valence-corrected chi connectivity index (χ2v) is 2.30. The molecule has 3 nitrogen and oxygen atoms in total. The van der Waals surface area contributed by atoms with E-state index in [1.54, 1.807) is 0 Å². The molecule has 1 aliphatic rings. The van der Waals surface area contributed by atoms with Crippen LogP contribution in [0.15, 0.2) is 0 Å². The van der Waals surface area contributed by atoms with Crippen LogP contribution in [0.2, 0.25) is 0 Å². The van der Waals surface area contributed by atoms with Crippen LogP contribution in [0.3, 0.4) is 0 Å². The summed E-state index contributed by atoms with van der Waals surface area (Å²) in [5, 5.41) is 3.06. The van der Waals surface area contributed by atoms with Crippen molar-refractivity contribution in [2.45, 2.75) is 0 Å². The topological polar surface area (TPSA) is 46.2 Å². The molecule has 0 radical (unpaired) electrons. The van der Waals surface area contributed by atoms with Gasteiger partial charge < -0.3 is 5.32 Å². The van der Waals surface area contributed by atoms with Crippen LogP contribution in [-0.4, -0.2) is 11.6 Å². The predicted octanol–water partition coefficient (Wildman–Crippen LogP) is 0.202. The normalized spacial score (nSPS) is 16.0. The predicted molar refractivity (Wildman–Crippen MR) is 26.1 cm³/mol. The Balaban J connectivity index is 0.000000145. The zero-order valence-corrected chi connectivity index (χ0v) is 6.59. The maximum atomic E-state index is 8.50. The molecule has 0 bridgehead atoms. The summed E-state index contributed by atoms with van der Waals surface area (Å²) in [5.41, 5.74) is 0. The van der Waals surface area contributed by atoms with Crippen LogP contribution < -0.4 is 5.32 Å². The quantitative estimate of drug-likeness (QED) is 0.414. The van der Waals surface area contributed by atoms with Crippen molar-refractivity contribution < 1.29 is 25.7 Å². The molecule has 0 aromatic heterocycles. The van der Waals surface area contributed by atoms with Crippen molar-refractivity contribution in [1.82, 2.24) is 5.32 Å². The molecule has 1 N–H and O–H groups in total. The van der Waals surface area contributed by atoms with E-state index in [0.717, 1.165) is 5.88 Å². The molecule has 0 spiro atoms. The summed E-state index contributed by atoms with van der Waals surface area (Å²) in [5.74, 6) is 2.29. The van der Waals surface area contributed by atoms with E-state index in [9.17, 15) is 0 Å². The van der Waals surface area contributed by atoms with E-state index < -0.39 is 19.1 Å². The van der Waals surface area contributed by atoms with Gasteiger partial charge in [-0.05, 0) is 0 Å². The minimum absolute atomic E-state index is 1.11. The summed E-state index contributed by atoms with van der Waals surface area (Å²) >= 11 is -0.0926. The average Bonchev–Trinajstić information content (AvgIpc) is 2.17. The van der Waals surface area contributed by atoms with Crippen LogP contribution in [0.4, 0.5) is 0 Å². The molecule has 0 saturated carbocycles. The van der Waals surface area contributed by atoms with E-state index in [4.69, 9.17) is 6.65 Å². The van der Waals surface area contributed by atoms with Gasteiger partial charge in [-0.15, -0.1) is 5.75 Å². The summed E-state index contributed by atoms with van der Waals surface area (Å²) in [6, 6.07) is 0. The van der Waals surface area contributed by atoms with Gasteiger partial charge in [-0.2, -0.15) is 11.8 Å². The van der Waals surface area contributed by atoms with Crippen molar-refractivity contribution in [1.29, 1.82) is 0 Å². The molecule has 1 fully saturated rings.